The molecule has 0 aliphatic carbocycles. The highest BCUT2D eigenvalue weighted by Gasteiger charge is 2.12. The summed E-state index contributed by atoms with van der Waals surface area (Å²) in [7, 11) is 1.83. The van der Waals surface area contributed by atoms with E-state index >= 15 is 0 Å². The van der Waals surface area contributed by atoms with E-state index in [-0.39, 0.29) is 5.56 Å². The van der Waals surface area contributed by atoms with Crippen molar-refractivity contribution in [1.29, 1.82) is 0 Å². The van der Waals surface area contributed by atoms with E-state index in [0.717, 1.165) is 27.0 Å². The van der Waals surface area contributed by atoms with Gasteiger partial charge in [-0.15, -0.1) is 0 Å². The zero-order valence-corrected chi connectivity index (χ0v) is 12.3. The van der Waals surface area contributed by atoms with Crippen LogP contribution in [-0.2, 0) is 6.54 Å². The summed E-state index contributed by atoms with van der Waals surface area (Å²) in [6.07, 6.45) is 0. The molecule has 18 heavy (non-hydrogen) atoms. The molecular weight excluding hydrogens is 294 g/mol. The molecule has 4 nitrogen and oxygen atoms in total. The average molecular weight is 310 g/mol. The number of hydrogen-bond acceptors (Lipinski definition) is 2. The van der Waals surface area contributed by atoms with Crippen molar-refractivity contribution in [2.24, 2.45) is 0 Å². The quantitative estimate of drug-likeness (QED) is 0.914. The van der Waals surface area contributed by atoms with Crippen molar-refractivity contribution >= 4 is 15.9 Å². The fraction of sp³-hybridized carbons (Fsp3) is 0.308. The van der Waals surface area contributed by atoms with E-state index in [2.05, 4.69) is 26.3 Å². The molecule has 0 amide bonds. The van der Waals surface area contributed by atoms with E-state index in [1.807, 2.05) is 39.1 Å². The van der Waals surface area contributed by atoms with E-state index in [9.17, 15) is 4.79 Å². The van der Waals surface area contributed by atoms with Crippen LogP contribution in [0.1, 0.15) is 16.8 Å². The number of aromatic nitrogens is 2. The van der Waals surface area contributed by atoms with Gasteiger partial charge in [-0.2, -0.15) is 0 Å². The fourth-order valence-corrected chi connectivity index (χ4v) is 2.48. The van der Waals surface area contributed by atoms with E-state index in [1.165, 1.54) is 0 Å². The number of hydrogen-bond donors (Lipinski definition) is 2. The third kappa shape index (κ3) is 2.28. The predicted octanol–water partition coefficient (Wildman–Crippen LogP) is 2.26. The van der Waals surface area contributed by atoms with Crippen molar-refractivity contribution < 1.29 is 0 Å². The molecule has 1 aromatic heterocycles. The second kappa shape index (κ2) is 5.12. The van der Waals surface area contributed by atoms with Gasteiger partial charge in [0.2, 0.25) is 0 Å². The maximum atomic E-state index is 12.3. The minimum absolute atomic E-state index is 0.00673. The molecule has 2 N–H and O–H groups in total. The average Bonchev–Trinajstić information content (AvgIpc) is 2.58. The molecule has 0 radical (unpaired) electrons. The van der Waals surface area contributed by atoms with Crippen molar-refractivity contribution in [3.63, 3.8) is 0 Å². The highest BCUT2D eigenvalue weighted by molar-refractivity contribution is 9.10. The smallest absolute Gasteiger partial charge is 0.275 e. The SMILES string of the molecule is CNCc1c(C)[nH]n(-c2ccc(Br)cc2C)c1=O. The first kappa shape index (κ1) is 13.1. The summed E-state index contributed by atoms with van der Waals surface area (Å²) in [5.41, 5.74) is 3.61. The number of nitrogens with zero attached hydrogens (tertiary/aromatic N) is 1. The van der Waals surface area contributed by atoms with Gasteiger partial charge in [-0.3, -0.25) is 9.89 Å². The first-order valence-corrected chi connectivity index (χ1v) is 6.55. The Hall–Kier alpha value is -1.33. The fourth-order valence-electron chi connectivity index (χ4n) is 2.01. The summed E-state index contributed by atoms with van der Waals surface area (Å²) in [5, 5.41) is 6.14. The number of aryl methyl sites for hydroxylation is 2. The first-order valence-electron chi connectivity index (χ1n) is 5.76. The Balaban J connectivity index is 2.58. The molecule has 1 aromatic carbocycles. The van der Waals surface area contributed by atoms with Crippen molar-refractivity contribution in [3.8, 4) is 5.69 Å². The van der Waals surface area contributed by atoms with Gasteiger partial charge in [0, 0.05) is 16.7 Å². The summed E-state index contributed by atoms with van der Waals surface area (Å²) in [4.78, 5) is 12.3. The molecule has 0 fully saturated rings. The van der Waals surface area contributed by atoms with Gasteiger partial charge < -0.3 is 5.32 Å². The molecule has 0 spiro atoms. The Labute approximate surface area is 114 Å². The normalized spacial score (nSPS) is 10.9. The van der Waals surface area contributed by atoms with Crippen LogP contribution in [0.2, 0.25) is 0 Å². The first-order chi connectivity index (χ1) is 8.54. The second-order valence-corrected chi connectivity index (χ2v) is 5.23. The lowest BCUT2D eigenvalue weighted by atomic mass is 10.2. The van der Waals surface area contributed by atoms with E-state index in [4.69, 9.17) is 0 Å². The summed E-state index contributed by atoms with van der Waals surface area (Å²) < 4.78 is 2.61. The Morgan fingerprint density at radius 3 is 2.72 bits per heavy atom. The Bertz CT molecular complexity index is 628. The van der Waals surface area contributed by atoms with Crippen molar-refractivity contribution in [3.05, 3.63) is 49.8 Å². The lowest BCUT2D eigenvalue weighted by Crippen LogP contribution is -2.21. The zero-order valence-electron chi connectivity index (χ0n) is 10.7. The molecule has 1 heterocycles. The van der Waals surface area contributed by atoms with Crippen molar-refractivity contribution in [2.45, 2.75) is 20.4 Å². The Morgan fingerprint density at radius 1 is 1.39 bits per heavy atom. The third-order valence-electron chi connectivity index (χ3n) is 2.95. The topological polar surface area (TPSA) is 49.8 Å². The van der Waals surface area contributed by atoms with Crippen LogP contribution in [0.3, 0.4) is 0 Å². The lowest BCUT2D eigenvalue weighted by molar-refractivity contribution is 0.800. The highest BCUT2D eigenvalue weighted by atomic mass is 79.9. The summed E-state index contributed by atoms with van der Waals surface area (Å²) in [5.74, 6) is 0. The summed E-state index contributed by atoms with van der Waals surface area (Å²) >= 11 is 3.42. The Morgan fingerprint density at radius 2 is 2.11 bits per heavy atom. The molecule has 0 unspecified atom stereocenters. The van der Waals surface area contributed by atoms with Crippen LogP contribution in [0.25, 0.3) is 5.69 Å². The molecule has 2 rings (SSSR count). The van der Waals surface area contributed by atoms with Gasteiger partial charge in [0.05, 0.1) is 11.3 Å². The number of H-pyrrole nitrogens is 1. The van der Waals surface area contributed by atoms with Crippen LogP contribution in [0, 0.1) is 13.8 Å². The number of aromatic amines is 1. The van der Waals surface area contributed by atoms with Crippen LogP contribution in [0.4, 0.5) is 0 Å². The minimum atomic E-state index is 0.00673. The molecule has 0 saturated carbocycles. The van der Waals surface area contributed by atoms with E-state index < -0.39 is 0 Å². The predicted molar refractivity (Wildman–Crippen MR) is 76.3 cm³/mol. The number of halogens is 1. The molecule has 96 valence electrons. The monoisotopic (exact) mass is 309 g/mol. The minimum Gasteiger partial charge on any atom is -0.315 e. The van der Waals surface area contributed by atoms with E-state index in [0.29, 0.717) is 6.54 Å². The van der Waals surface area contributed by atoms with Crippen LogP contribution in [-0.4, -0.2) is 16.8 Å². The summed E-state index contributed by atoms with van der Waals surface area (Å²) in [6, 6.07) is 5.86. The van der Waals surface area contributed by atoms with Crippen LogP contribution in [0.15, 0.2) is 27.5 Å². The number of nitrogens with one attached hydrogen (secondary N) is 2. The molecular formula is C13H16BrN3O. The second-order valence-electron chi connectivity index (χ2n) is 4.32. The molecule has 0 saturated heterocycles. The number of benzene rings is 1. The van der Waals surface area contributed by atoms with Crippen LogP contribution in [0.5, 0.6) is 0 Å². The van der Waals surface area contributed by atoms with Gasteiger partial charge in [0.1, 0.15) is 0 Å². The van der Waals surface area contributed by atoms with Crippen LogP contribution < -0.4 is 10.9 Å². The van der Waals surface area contributed by atoms with Gasteiger partial charge in [0.25, 0.3) is 5.56 Å². The largest absolute Gasteiger partial charge is 0.315 e. The van der Waals surface area contributed by atoms with Gasteiger partial charge in [-0.1, -0.05) is 15.9 Å². The molecule has 0 aliphatic heterocycles. The molecule has 5 heteroatoms. The molecule has 0 aliphatic rings. The lowest BCUT2D eigenvalue weighted by Gasteiger charge is -2.06. The van der Waals surface area contributed by atoms with Gasteiger partial charge in [-0.05, 0) is 44.7 Å². The zero-order chi connectivity index (χ0) is 13.3. The highest BCUT2D eigenvalue weighted by Crippen LogP contribution is 2.18. The van der Waals surface area contributed by atoms with Crippen molar-refractivity contribution in [1.82, 2.24) is 15.1 Å². The Kier molecular flexibility index (Phi) is 3.73. The maximum Gasteiger partial charge on any atom is 0.275 e. The van der Waals surface area contributed by atoms with E-state index in [1.54, 1.807) is 4.68 Å². The maximum absolute atomic E-state index is 12.3. The molecule has 2 aromatic rings. The third-order valence-corrected chi connectivity index (χ3v) is 3.44. The van der Waals surface area contributed by atoms with Gasteiger partial charge in [-0.25, -0.2) is 4.68 Å². The van der Waals surface area contributed by atoms with Crippen molar-refractivity contribution in [2.75, 3.05) is 7.05 Å². The molecule has 0 atom stereocenters. The van der Waals surface area contributed by atoms with Gasteiger partial charge in [0.15, 0.2) is 0 Å². The molecule has 0 bridgehead atoms. The number of rotatable bonds is 3. The standard InChI is InChI=1S/C13H16BrN3O/c1-8-6-10(14)4-5-12(8)17-13(18)11(7-15-3)9(2)16-17/h4-6,15-16H,7H2,1-3H3. The van der Waals surface area contributed by atoms with Crippen LogP contribution >= 0.6 is 15.9 Å². The van der Waals surface area contributed by atoms with Gasteiger partial charge >= 0.3 is 0 Å². The summed E-state index contributed by atoms with van der Waals surface area (Å²) in [6.45, 7) is 4.48.